The molecule has 2 aromatic heterocycles. The molecule has 0 spiro atoms. The zero-order chi connectivity index (χ0) is 26.4. The third kappa shape index (κ3) is 4.74. The van der Waals surface area contributed by atoms with Crippen LogP contribution in [0.5, 0.6) is 0 Å². The van der Waals surface area contributed by atoms with Crippen LogP contribution >= 0.6 is 23.5 Å². The lowest BCUT2D eigenvalue weighted by atomic mass is 9.91. The zero-order valence-electron chi connectivity index (χ0n) is 21.5. The summed E-state index contributed by atoms with van der Waals surface area (Å²) < 4.78 is 11.9. The third-order valence-electron chi connectivity index (χ3n) is 7.40. The van der Waals surface area contributed by atoms with Crippen molar-refractivity contribution in [3.8, 4) is 0 Å². The largest absolute Gasteiger partial charge is 0.376 e. The predicted octanol–water partition coefficient (Wildman–Crippen LogP) is 5.61. The average molecular weight is 557 g/mol. The highest BCUT2D eigenvalue weighted by molar-refractivity contribution is 8.05. The first-order valence-electron chi connectivity index (χ1n) is 13.0. The first-order valence-corrected chi connectivity index (χ1v) is 14.7. The van der Waals surface area contributed by atoms with Gasteiger partial charge < -0.3 is 24.7 Å². The molecule has 0 radical (unpaired) electrons. The van der Waals surface area contributed by atoms with Crippen molar-refractivity contribution >= 4 is 34.9 Å². The maximum absolute atomic E-state index is 11.9. The standard InChI is InChI=1S/C30H28N4O3S2/c1-19-5-8-27(32-15-19)30(17-36-18-30)33-20-6-7-24-26(13-20)38-25-4-2-3-22(29(25)39-24)23-16-34(11-12-37-23)21-9-10-31-28(35)14-21/h2-10,13-15,23,33H,11-12,16-18H2,1H3,(H,31,35). The molecule has 7 nitrogen and oxygen atoms in total. The number of morpholine rings is 1. The Bertz CT molecular complexity index is 1590. The number of hydrogen-bond donors (Lipinski definition) is 2. The van der Waals surface area contributed by atoms with Crippen molar-refractivity contribution in [2.75, 3.05) is 43.1 Å². The van der Waals surface area contributed by atoms with Crippen LogP contribution < -0.4 is 15.8 Å². The minimum absolute atomic E-state index is 0.0657. The second-order valence-corrected chi connectivity index (χ2v) is 12.3. The highest BCUT2D eigenvalue weighted by Crippen LogP contribution is 2.52. The minimum atomic E-state index is -0.298. The smallest absolute Gasteiger partial charge is 0.249 e. The van der Waals surface area contributed by atoms with E-state index in [0.717, 1.165) is 29.2 Å². The summed E-state index contributed by atoms with van der Waals surface area (Å²) in [7, 11) is 0. The van der Waals surface area contributed by atoms with Gasteiger partial charge in [-0.3, -0.25) is 9.78 Å². The van der Waals surface area contributed by atoms with E-state index in [1.807, 2.05) is 24.0 Å². The first-order chi connectivity index (χ1) is 19.1. The number of hydrogen-bond acceptors (Lipinski definition) is 8. The summed E-state index contributed by atoms with van der Waals surface area (Å²) in [6.07, 6.45) is 3.56. The molecule has 2 fully saturated rings. The zero-order valence-corrected chi connectivity index (χ0v) is 23.1. The third-order valence-corrected chi connectivity index (χ3v) is 10.0. The highest BCUT2D eigenvalue weighted by Gasteiger charge is 2.42. The number of nitrogens with one attached hydrogen (secondary N) is 2. The van der Waals surface area contributed by atoms with Crippen LogP contribution in [0.3, 0.4) is 0 Å². The van der Waals surface area contributed by atoms with Gasteiger partial charge in [-0.15, -0.1) is 0 Å². The molecule has 4 aromatic rings. The van der Waals surface area contributed by atoms with E-state index in [2.05, 4.69) is 75.6 Å². The molecule has 0 saturated carbocycles. The molecule has 198 valence electrons. The summed E-state index contributed by atoms with van der Waals surface area (Å²) in [5, 5.41) is 3.73. The van der Waals surface area contributed by atoms with Gasteiger partial charge in [-0.25, -0.2) is 0 Å². The van der Waals surface area contributed by atoms with E-state index in [4.69, 9.17) is 9.47 Å². The Balaban J connectivity index is 1.13. The number of aryl methyl sites for hydroxylation is 1. The van der Waals surface area contributed by atoms with Crippen LogP contribution in [-0.2, 0) is 15.0 Å². The molecule has 0 aliphatic carbocycles. The first kappa shape index (κ1) is 24.8. The molecular formula is C30H28N4O3S2. The number of aromatic amines is 1. The molecule has 3 aliphatic heterocycles. The molecule has 5 heterocycles. The van der Waals surface area contributed by atoms with Crippen LogP contribution in [0.4, 0.5) is 11.4 Å². The van der Waals surface area contributed by atoms with Gasteiger partial charge in [0.15, 0.2) is 0 Å². The monoisotopic (exact) mass is 556 g/mol. The summed E-state index contributed by atoms with van der Waals surface area (Å²) in [6, 6.07) is 20.9. The average Bonchev–Trinajstić information content (AvgIpc) is 2.94. The van der Waals surface area contributed by atoms with Gasteiger partial charge >= 0.3 is 0 Å². The number of fused-ring (bicyclic) bond motifs is 2. The number of benzene rings is 2. The van der Waals surface area contributed by atoms with E-state index in [9.17, 15) is 4.79 Å². The number of ether oxygens (including phenoxy) is 2. The van der Waals surface area contributed by atoms with Gasteiger partial charge in [-0.05, 0) is 54.4 Å². The number of aromatic nitrogens is 2. The summed E-state index contributed by atoms with van der Waals surface area (Å²) in [6.45, 7) is 5.34. The number of rotatable bonds is 5. The number of nitrogens with zero attached hydrogens (tertiary/aromatic N) is 2. The molecule has 0 bridgehead atoms. The van der Waals surface area contributed by atoms with Gasteiger partial charge in [0.05, 0.1) is 25.5 Å². The molecule has 2 aromatic carbocycles. The van der Waals surface area contributed by atoms with Gasteiger partial charge in [-0.2, -0.15) is 0 Å². The van der Waals surface area contributed by atoms with Crippen LogP contribution in [0.2, 0.25) is 0 Å². The molecule has 1 unspecified atom stereocenters. The Hall–Kier alpha value is -3.24. The molecule has 9 heteroatoms. The maximum atomic E-state index is 11.9. The molecular weight excluding hydrogens is 528 g/mol. The van der Waals surface area contributed by atoms with Crippen molar-refractivity contribution in [3.63, 3.8) is 0 Å². The van der Waals surface area contributed by atoms with Gasteiger partial charge in [-0.1, -0.05) is 41.7 Å². The molecule has 2 saturated heterocycles. The van der Waals surface area contributed by atoms with E-state index in [1.165, 1.54) is 25.1 Å². The van der Waals surface area contributed by atoms with Crippen molar-refractivity contribution in [3.05, 3.63) is 100 Å². The fourth-order valence-corrected chi connectivity index (χ4v) is 7.72. The number of H-pyrrole nitrogens is 1. The van der Waals surface area contributed by atoms with Crippen molar-refractivity contribution in [1.29, 1.82) is 0 Å². The maximum Gasteiger partial charge on any atom is 0.249 e. The van der Waals surface area contributed by atoms with Crippen molar-refractivity contribution in [2.24, 2.45) is 0 Å². The van der Waals surface area contributed by atoms with E-state index in [0.29, 0.717) is 26.4 Å². The topological polar surface area (TPSA) is 79.5 Å². The van der Waals surface area contributed by atoms with Crippen molar-refractivity contribution < 1.29 is 9.47 Å². The molecule has 7 rings (SSSR count). The van der Waals surface area contributed by atoms with Crippen LogP contribution in [0.15, 0.2) is 97.4 Å². The summed E-state index contributed by atoms with van der Waals surface area (Å²) in [5.74, 6) is 0. The lowest BCUT2D eigenvalue weighted by Gasteiger charge is -2.42. The second-order valence-electron chi connectivity index (χ2n) is 10.2. The molecule has 3 aliphatic rings. The Kier molecular flexibility index (Phi) is 6.39. The van der Waals surface area contributed by atoms with Crippen LogP contribution in [0, 0.1) is 6.92 Å². The fraction of sp³-hybridized carbons (Fsp3) is 0.267. The van der Waals surface area contributed by atoms with Gasteiger partial charge in [0.1, 0.15) is 11.6 Å². The normalized spacial score (nSPS) is 19.5. The molecule has 2 N–H and O–H groups in total. The molecule has 1 atom stereocenters. The van der Waals surface area contributed by atoms with Crippen LogP contribution in [-0.4, -0.2) is 42.9 Å². The van der Waals surface area contributed by atoms with E-state index in [1.54, 1.807) is 24.0 Å². The minimum Gasteiger partial charge on any atom is -0.376 e. The van der Waals surface area contributed by atoms with Gasteiger partial charge in [0.2, 0.25) is 5.56 Å². The Morgan fingerprint density at radius 1 is 1.05 bits per heavy atom. The van der Waals surface area contributed by atoms with Crippen LogP contribution in [0.1, 0.15) is 22.9 Å². The summed E-state index contributed by atoms with van der Waals surface area (Å²) in [4.78, 5) is 26.4. The molecule has 0 amide bonds. The van der Waals surface area contributed by atoms with Gasteiger partial charge in [0, 0.05) is 62.5 Å². The SMILES string of the molecule is Cc1ccc(C2(Nc3ccc4c(c3)Sc3cccc(C5CN(c6cc[nH]c(=O)c6)CCO5)c3S4)COC2)nc1. The van der Waals surface area contributed by atoms with Crippen LogP contribution in [0.25, 0.3) is 0 Å². The number of pyridine rings is 2. The second kappa shape index (κ2) is 10.1. The van der Waals surface area contributed by atoms with Crippen molar-refractivity contribution in [2.45, 2.75) is 38.1 Å². The summed E-state index contributed by atoms with van der Waals surface area (Å²) >= 11 is 3.61. The Labute approximate surface area is 235 Å². The Morgan fingerprint density at radius 3 is 2.77 bits per heavy atom. The lowest BCUT2D eigenvalue weighted by molar-refractivity contribution is -0.0467. The van der Waals surface area contributed by atoms with E-state index in [-0.39, 0.29) is 17.2 Å². The number of anilines is 2. The predicted molar refractivity (Wildman–Crippen MR) is 154 cm³/mol. The van der Waals surface area contributed by atoms with E-state index < -0.39 is 0 Å². The summed E-state index contributed by atoms with van der Waals surface area (Å²) in [5.41, 5.74) is 4.97. The van der Waals surface area contributed by atoms with Gasteiger partial charge in [0.25, 0.3) is 0 Å². The molecule has 39 heavy (non-hydrogen) atoms. The van der Waals surface area contributed by atoms with E-state index >= 15 is 0 Å². The lowest BCUT2D eigenvalue weighted by Crippen LogP contribution is -2.53. The Morgan fingerprint density at radius 2 is 1.97 bits per heavy atom. The van der Waals surface area contributed by atoms with Crippen molar-refractivity contribution in [1.82, 2.24) is 9.97 Å². The highest BCUT2D eigenvalue weighted by atomic mass is 32.2. The fourth-order valence-electron chi connectivity index (χ4n) is 5.27. The quantitative estimate of drug-likeness (QED) is 0.289.